The first-order valence-electron chi connectivity index (χ1n) is 10.2. The molecule has 0 bridgehead atoms. The third-order valence-electron chi connectivity index (χ3n) is 5.49. The highest BCUT2D eigenvalue weighted by Crippen LogP contribution is 2.38. The van der Waals surface area contributed by atoms with Crippen molar-refractivity contribution < 1.29 is 9.59 Å². The molecule has 2 aliphatic heterocycles. The minimum Gasteiger partial charge on any atom is -0.360 e. The molecular formula is C23H27N3O2S. The quantitative estimate of drug-likeness (QED) is 0.821. The maximum Gasteiger partial charge on any atom is 0.246 e. The van der Waals surface area contributed by atoms with Crippen molar-refractivity contribution in [2.75, 3.05) is 34.8 Å². The minimum absolute atomic E-state index is 0.0947. The zero-order valence-corrected chi connectivity index (χ0v) is 17.8. The Morgan fingerprint density at radius 2 is 1.97 bits per heavy atom. The van der Waals surface area contributed by atoms with Crippen molar-refractivity contribution in [3.63, 3.8) is 0 Å². The number of carbonyl (C=O) groups is 2. The van der Waals surface area contributed by atoms with E-state index in [9.17, 15) is 9.59 Å². The number of nitrogens with zero attached hydrogens (tertiary/aromatic N) is 2. The average molecular weight is 410 g/mol. The van der Waals surface area contributed by atoms with Gasteiger partial charge in [0.25, 0.3) is 0 Å². The molecule has 2 amide bonds. The Kier molecular flexibility index (Phi) is 5.81. The largest absolute Gasteiger partial charge is 0.360 e. The van der Waals surface area contributed by atoms with Gasteiger partial charge in [0.05, 0.1) is 23.6 Å². The number of rotatable bonds is 3. The molecule has 0 aliphatic carbocycles. The van der Waals surface area contributed by atoms with E-state index < -0.39 is 0 Å². The molecule has 5 nitrogen and oxygen atoms in total. The summed E-state index contributed by atoms with van der Waals surface area (Å²) in [5.41, 5.74) is 3.99. The van der Waals surface area contributed by atoms with Crippen molar-refractivity contribution in [3.05, 3.63) is 48.0 Å². The van der Waals surface area contributed by atoms with Crippen LogP contribution in [0.15, 0.2) is 47.4 Å². The second-order valence-electron chi connectivity index (χ2n) is 7.75. The summed E-state index contributed by atoms with van der Waals surface area (Å²) in [5, 5.41) is 3.42. The molecule has 6 heteroatoms. The van der Waals surface area contributed by atoms with Gasteiger partial charge in [-0.15, -0.1) is 11.8 Å². The molecule has 0 saturated heterocycles. The Balaban J connectivity index is 1.61. The highest BCUT2D eigenvalue weighted by atomic mass is 32.2. The molecule has 0 spiro atoms. The van der Waals surface area contributed by atoms with Crippen LogP contribution in [0.2, 0.25) is 0 Å². The summed E-state index contributed by atoms with van der Waals surface area (Å²) in [7, 11) is 0. The number of para-hydroxylation sites is 2. The SMILES string of the molecule is CC(=O)Nc1cccc2c1N(CC(=O)N1CC[C@@H](C)Sc3ccccc31)CCC2. The van der Waals surface area contributed by atoms with Crippen molar-refractivity contribution in [1.29, 1.82) is 0 Å². The molecule has 152 valence electrons. The van der Waals surface area contributed by atoms with Crippen LogP contribution >= 0.6 is 11.8 Å². The maximum atomic E-state index is 13.4. The van der Waals surface area contributed by atoms with E-state index in [1.165, 1.54) is 17.4 Å². The van der Waals surface area contributed by atoms with E-state index in [1.54, 1.807) is 0 Å². The summed E-state index contributed by atoms with van der Waals surface area (Å²) in [6.07, 6.45) is 2.94. The monoisotopic (exact) mass is 409 g/mol. The van der Waals surface area contributed by atoms with Gasteiger partial charge in [-0.1, -0.05) is 31.2 Å². The molecule has 1 N–H and O–H groups in total. The summed E-state index contributed by atoms with van der Waals surface area (Å²) in [5.74, 6) is 0.0142. The zero-order valence-electron chi connectivity index (χ0n) is 17.0. The van der Waals surface area contributed by atoms with Crippen molar-refractivity contribution in [3.8, 4) is 0 Å². The summed E-state index contributed by atoms with van der Waals surface area (Å²) in [6.45, 7) is 5.60. The number of benzene rings is 2. The van der Waals surface area contributed by atoms with Crippen LogP contribution in [-0.2, 0) is 16.0 Å². The average Bonchev–Trinajstić information content (AvgIpc) is 2.86. The fraction of sp³-hybridized carbons (Fsp3) is 0.391. The van der Waals surface area contributed by atoms with E-state index in [-0.39, 0.29) is 11.8 Å². The molecule has 0 aromatic heterocycles. The predicted molar refractivity (Wildman–Crippen MR) is 120 cm³/mol. The van der Waals surface area contributed by atoms with Crippen LogP contribution in [0.3, 0.4) is 0 Å². The van der Waals surface area contributed by atoms with Crippen molar-refractivity contribution in [2.45, 2.75) is 43.3 Å². The maximum absolute atomic E-state index is 13.4. The second-order valence-corrected chi connectivity index (χ2v) is 9.23. The van der Waals surface area contributed by atoms with Crippen LogP contribution in [-0.4, -0.2) is 36.7 Å². The van der Waals surface area contributed by atoms with E-state index in [4.69, 9.17) is 0 Å². The second kappa shape index (κ2) is 8.49. The molecular weight excluding hydrogens is 382 g/mol. The summed E-state index contributed by atoms with van der Waals surface area (Å²) < 4.78 is 0. The third kappa shape index (κ3) is 4.27. The lowest BCUT2D eigenvalue weighted by Crippen LogP contribution is -2.43. The van der Waals surface area contributed by atoms with Crippen molar-refractivity contribution in [2.24, 2.45) is 0 Å². The number of thioether (sulfide) groups is 1. The van der Waals surface area contributed by atoms with Crippen LogP contribution in [0, 0.1) is 0 Å². The molecule has 2 aliphatic rings. The van der Waals surface area contributed by atoms with Gasteiger partial charge in [0.15, 0.2) is 0 Å². The van der Waals surface area contributed by atoms with Gasteiger partial charge in [-0.25, -0.2) is 0 Å². The number of amides is 2. The molecule has 2 heterocycles. The van der Waals surface area contributed by atoms with Gasteiger partial charge in [0.2, 0.25) is 11.8 Å². The molecule has 29 heavy (non-hydrogen) atoms. The van der Waals surface area contributed by atoms with Gasteiger partial charge >= 0.3 is 0 Å². The summed E-state index contributed by atoms with van der Waals surface area (Å²) in [4.78, 5) is 30.3. The Bertz CT molecular complexity index is 930. The first kappa shape index (κ1) is 19.8. The number of anilines is 3. The van der Waals surface area contributed by atoms with E-state index in [2.05, 4.69) is 29.3 Å². The number of hydrogen-bond acceptors (Lipinski definition) is 4. The van der Waals surface area contributed by atoms with Crippen molar-refractivity contribution in [1.82, 2.24) is 0 Å². The molecule has 1 atom stereocenters. The fourth-order valence-electron chi connectivity index (χ4n) is 4.18. The van der Waals surface area contributed by atoms with Gasteiger partial charge in [0, 0.05) is 30.2 Å². The predicted octanol–water partition coefficient (Wildman–Crippen LogP) is 4.32. The Labute approximate surface area is 176 Å². The molecule has 0 unspecified atom stereocenters. The normalized spacial score (nSPS) is 18.5. The van der Waals surface area contributed by atoms with Gasteiger partial charge in [-0.2, -0.15) is 0 Å². The molecule has 0 radical (unpaired) electrons. The Morgan fingerprint density at radius 1 is 1.14 bits per heavy atom. The number of aryl methyl sites for hydroxylation is 1. The minimum atomic E-state index is -0.0947. The van der Waals surface area contributed by atoms with Crippen LogP contribution in [0.4, 0.5) is 17.1 Å². The lowest BCUT2D eigenvalue weighted by Gasteiger charge is -2.34. The van der Waals surface area contributed by atoms with E-state index in [0.29, 0.717) is 11.8 Å². The standard InChI is InChI=1S/C23H27N3O2S/c1-16-12-14-26(20-10-3-4-11-21(20)29-16)22(28)15-25-13-6-8-18-7-5-9-19(23(18)25)24-17(2)27/h3-5,7,9-11,16H,6,8,12-15H2,1-2H3,(H,24,27)/t16-/m1/s1. The van der Waals surface area contributed by atoms with Gasteiger partial charge in [-0.05, 0) is 43.0 Å². The number of hydrogen-bond donors (Lipinski definition) is 1. The summed E-state index contributed by atoms with van der Waals surface area (Å²) in [6, 6.07) is 14.2. The molecule has 4 rings (SSSR count). The smallest absolute Gasteiger partial charge is 0.246 e. The first-order valence-corrected chi connectivity index (χ1v) is 11.1. The van der Waals surface area contributed by atoms with Gasteiger partial charge < -0.3 is 15.1 Å². The van der Waals surface area contributed by atoms with Gasteiger partial charge in [-0.3, -0.25) is 9.59 Å². The highest BCUT2D eigenvalue weighted by molar-refractivity contribution is 8.00. The molecule has 2 aromatic rings. The summed E-state index contributed by atoms with van der Waals surface area (Å²) >= 11 is 1.84. The lowest BCUT2D eigenvalue weighted by molar-refractivity contribution is -0.117. The number of carbonyl (C=O) groups excluding carboxylic acids is 2. The molecule has 0 saturated carbocycles. The van der Waals surface area contributed by atoms with E-state index in [0.717, 1.165) is 49.4 Å². The Hall–Kier alpha value is -2.47. The highest BCUT2D eigenvalue weighted by Gasteiger charge is 2.28. The van der Waals surface area contributed by atoms with Crippen LogP contribution in [0.1, 0.15) is 32.3 Å². The van der Waals surface area contributed by atoms with Crippen LogP contribution < -0.4 is 15.1 Å². The van der Waals surface area contributed by atoms with Gasteiger partial charge in [0.1, 0.15) is 0 Å². The fourth-order valence-corrected chi connectivity index (χ4v) is 5.29. The Morgan fingerprint density at radius 3 is 2.79 bits per heavy atom. The molecule has 0 fully saturated rings. The van der Waals surface area contributed by atoms with E-state index in [1.807, 2.05) is 47.0 Å². The molecule has 2 aromatic carbocycles. The van der Waals surface area contributed by atoms with Crippen LogP contribution in [0.25, 0.3) is 0 Å². The lowest BCUT2D eigenvalue weighted by atomic mass is 10.00. The van der Waals surface area contributed by atoms with Crippen LogP contribution in [0.5, 0.6) is 0 Å². The topological polar surface area (TPSA) is 52.7 Å². The van der Waals surface area contributed by atoms with E-state index >= 15 is 0 Å². The third-order valence-corrected chi connectivity index (χ3v) is 6.73. The first-order chi connectivity index (χ1) is 14.0. The van der Waals surface area contributed by atoms with Crippen molar-refractivity contribution >= 4 is 40.6 Å². The number of fused-ring (bicyclic) bond motifs is 2. The number of nitrogens with one attached hydrogen (secondary N) is 1. The zero-order chi connectivity index (χ0) is 20.4.